The average Bonchev–Trinajstić information content (AvgIpc) is 2.97. The van der Waals surface area contributed by atoms with Crippen LogP contribution >= 0.6 is 11.3 Å². The molecule has 2 rings (SSSR count). The number of furan rings is 1. The molecule has 2 N–H and O–H groups in total. The Bertz CT molecular complexity index is 563. The van der Waals surface area contributed by atoms with E-state index in [2.05, 4.69) is 22.1 Å². The van der Waals surface area contributed by atoms with Gasteiger partial charge in [-0.25, -0.2) is 4.98 Å². The van der Waals surface area contributed by atoms with Crippen LogP contribution in [0.2, 0.25) is 0 Å². The van der Waals surface area contributed by atoms with Gasteiger partial charge in [-0.2, -0.15) is 0 Å². The molecule has 0 aliphatic carbocycles. The summed E-state index contributed by atoms with van der Waals surface area (Å²) in [7, 11) is 0. The van der Waals surface area contributed by atoms with Crippen LogP contribution < -0.4 is 5.32 Å². The van der Waals surface area contributed by atoms with Gasteiger partial charge in [0, 0.05) is 0 Å². The summed E-state index contributed by atoms with van der Waals surface area (Å²) in [5.41, 5.74) is 0.434. The first-order valence-electron chi connectivity index (χ1n) is 4.68. The first kappa shape index (κ1) is 11.4. The Morgan fingerprint density at radius 1 is 1.65 bits per heavy atom. The smallest absolute Gasteiger partial charge is 0.260 e. The Hall–Kier alpha value is -2.10. The Kier molecular flexibility index (Phi) is 3.55. The molecule has 0 atom stereocenters. The minimum absolute atomic E-state index is 0.200. The minimum Gasteiger partial charge on any atom is -0.472 e. The van der Waals surface area contributed by atoms with Gasteiger partial charge >= 0.3 is 0 Å². The van der Waals surface area contributed by atoms with Gasteiger partial charge in [0.2, 0.25) is 0 Å². The molecule has 1 amide bonds. The maximum Gasteiger partial charge on any atom is 0.260 e. The van der Waals surface area contributed by atoms with Gasteiger partial charge in [0.05, 0.1) is 22.9 Å². The van der Waals surface area contributed by atoms with Crippen LogP contribution in [0.4, 0.5) is 5.13 Å². The normalized spacial score (nSPS) is 9.47. The lowest BCUT2D eigenvalue weighted by atomic mass is 10.3. The zero-order valence-electron chi connectivity index (χ0n) is 8.64. The Balaban J connectivity index is 2.04. The van der Waals surface area contributed by atoms with E-state index in [4.69, 9.17) is 9.52 Å². The lowest BCUT2D eigenvalue weighted by Crippen LogP contribution is -2.10. The van der Waals surface area contributed by atoms with Crippen molar-refractivity contribution in [2.45, 2.75) is 0 Å². The summed E-state index contributed by atoms with van der Waals surface area (Å²) in [6, 6.07) is 1.56. The van der Waals surface area contributed by atoms with Crippen LogP contribution in [0.3, 0.4) is 0 Å². The topological polar surface area (TPSA) is 75.4 Å². The number of carbonyl (C=O) groups is 1. The highest BCUT2D eigenvalue weighted by atomic mass is 32.1. The highest BCUT2D eigenvalue weighted by molar-refractivity contribution is 7.16. The average molecular weight is 248 g/mol. The van der Waals surface area contributed by atoms with Crippen molar-refractivity contribution in [1.29, 1.82) is 0 Å². The number of nitrogens with zero attached hydrogens (tertiary/aromatic N) is 1. The Labute approximate surface area is 101 Å². The third-order valence-electron chi connectivity index (χ3n) is 1.80. The van der Waals surface area contributed by atoms with E-state index in [0.29, 0.717) is 15.6 Å². The van der Waals surface area contributed by atoms with Crippen LogP contribution in [0, 0.1) is 11.8 Å². The van der Waals surface area contributed by atoms with E-state index in [0.717, 1.165) is 0 Å². The van der Waals surface area contributed by atoms with E-state index in [1.807, 2.05) is 0 Å². The van der Waals surface area contributed by atoms with E-state index in [9.17, 15) is 4.79 Å². The van der Waals surface area contributed by atoms with Crippen molar-refractivity contribution in [2.24, 2.45) is 0 Å². The molecule has 5 nitrogen and oxygen atoms in total. The number of rotatable bonds is 2. The van der Waals surface area contributed by atoms with Gasteiger partial charge < -0.3 is 9.52 Å². The zero-order chi connectivity index (χ0) is 12.1. The summed E-state index contributed by atoms with van der Waals surface area (Å²) < 4.78 is 4.80. The minimum atomic E-state index is -0.283. The maximum absolute atomic E-state index is 11.6. The van der Waals surface area contributed by atoms with Crippen LogP contribution in [0.15, 0.2) is 29.2 Å². The zero-order valence-corrected chi connectivity index (χ0v) is 9.45. The van der Waals surface area contributed by atoms with Gasteiger partial charge in [-0.05, 0) is 6.07 Å². The molecule has 17 heavy (non-hydrogen) atoms. The number of aromatic nitrogens is 1. The molecule has 2 aromatic heterocycles. The highest BCUT2D eigenvalue weighted by Gasteiger charge is 2.09. The van der Waals surface area contributed by atoms with E-state index >= 15 is 0 Å². The molecule has 0 saturated carbocycles. The summed E-state index contributed by atoms with van der Waals surface area (Å²) in [5, 5.41) is 11.6. The van der Waals surface area contributed by atoms with E-state index < -0.39 is 0 Å². The molecule has 0 spiro atoms. The molecular weight excluding hydrogens is 240 g/mol. The molecule has 6 heteroatoms. The summed E-state index contributed by atoms with van der Waals surface area (Å²) in [4.78, 5) is 16.3. The second-order valence-electron chi connectivity index (χ2n) is 2.96. The van der Waals surface area contributed by atoms with Gasteiger partial charge in [-0.1, -0.05) is 23.2 Å². The van der Waals surface area contributed by atoms with Crippen molar-refractivity contribution >= 4 is 22.4 Å². The molecule has 0 aliphatic heterocycles. The first-order valence-corrected chi connectivity index (χ1v) is 5.50. The second kappa shape index (κ2) is 5.30. The third-order valence-corrected chi connectivity index (χ3v) is 2.63. The van der Waals surface area contributed by atoms with Crippen molar-refractivity contribution in [3.05, 3.63) is 35.2 Å². The monoisotopic (exact) mass is 248 g/mol. The number of carbonyl (C=O) groups excluding carboxylic acids is 1. The van der Waals surface area contributed by atoms with Gasteiger partial charge in [0.15, 0.2) is 5.13 Å². The van der Waals surface area contributed by atoms with E-state index in [1.165, 1.54) is 30.1 Å². The number of aliphatic hydroxyl groups excluding tert-OH is 1. The molecule has 0 bridgehead atoms. The van der Waals surface area contributed by atoms with Crippen LogP contribution in [-0.4, -0.2) is 22.6 Å². The third kappa shape index (κ3) is 2.93. The largest absolute Gasteiger partial charge is 0.472 e. The van der Waals surface area contributed by atoms with Gasteiger partial charge in [-0.3, -0.25) is 10.1 Å². The molecule has 2 heterocycles. The molecule has 2 aromatic rings. The number of aliphatic hydroxyl groups is 1. The number of amides is 1. The Morgan fingerprint density at radius 3 is 3.24 bits per heavy atom. The van der Waals surface area contributed by atoms with Crippen LogP contribution in [0.1, 0.15) is 15.2 Å². The lowest BCUT2D eigenvalue weighted by Gasteiger charge is -1.96. The SMILES string of the molecule is O=C(Nc1ncc(C#CCO)s1)c1ccoc1. The van der Waals surface area contributed by atoms with Crippen molar-refractivity contribution in [1.82, 2.24) is 4.98 Å². The number of hydrogen-bond acceptors (Lipinski definition) is 5. The van der Waals surface area contributed by atoms with Gasteiger partial charge in [0.25, 0.3) is 5.91 Å². The summed E-state index contributed by atoms with van der Waals surface area (Å²) >= 11 is 1.24. The van der Waals surface area contributed by atoms with Crippen molar-refractivity contribution in [2.75, 3.05) is 11.9 Å². The van der Waals surface area contributed by atoms with E-state index in [-0.39, 0.29) is 12.5 Å². The van der Waals surface area contributed by atoms with Crippen molar-refractivity contribution in [3.63, 3.8) is 0 Å². The number of thiazole rings is 1. The van der Waals surface area contributed by atoms with Crippen LogP contribution in [-0.2, 0) is 0 Å². The van der Waals surface area contributed by atoms with E-state index in [1.54, 1.807) is 6.07 Å². The fraction of sp³-hybridized carbons (Fsp3) is 0.0909. The first-order chi connectivity index (χ1) is 8.29. The fourth-order valence-corrected chi connectivity index (χ4v) is 1.77. The lowest BCUT2D eigenvalue weighted by molar-refractivity contribution is 0.102. The molecule has 0 fully saturated rings. The van der Waals surface area contributed by atoms with Crippen LogP contribution in [0.25, 0.3) is 0 Å². The summed E-state index contributed by atoms with van der Waals surface area (Å²) in [5.74, 6) is 4.93. The highest BCUT2D eigenvalue weighted by Crippen LogP contribution is 2.17. The quantitative estimate of drug-likeness (QED) is 0.786. The molecule has 0 aromatic carbocycles. The molecule has 0 saturated heterocycles. The number of nitrogens with one attached hydrogen (secondary N) is 1. The number of hydrogen-bond donors (Lipinski definition) is 2. The van der Waals surface area contributed by atoms with Crippen molar-refractivity contribution < 1.29 is 14.3 Å². The van der Waals surface area contributed by atoms with Crippen LogP contribution in [0.5, 0.6) is 0 Å². The molecule has 0 unspecified atom stereocenters. The predicted molar refractivity (Wildman–Crippen MR) is 62.7 cm³/mol. The molecular formula is C11H8N2O3S. The van der Waals surface area contributed by atoms with Gasteiger partial charge in [-0.15, -0.1) is 0 Å². The number of anilines is 1. The predicted octanol–water partition coefficient (Wildman–Crippen LogP) is 1.33. The second-order valence-corrected chi connectivity index (χ2v) is 3.99. The molecule has 86 valence electrons. The molecule has 0 radical (unpaired) electrons. The Morgan fingerprint density at radius 2 is 2.53 bits per heavy atom. The fourth-order valence-electron chi connectivity index (χ4n) is 1.08. The summed E-state index contributed by atoms with van der Waals surface area (Å²) in [6.07, 6.45) is 4.32. The molecule has 0 aliphatic rings. The van der Waals surface area contributed by atoms with Crippen molar-refractivity contribution in [3.8, 4) is 11.8 Å². The van der Waals surface area contributed by atoms with Gasteiger partial charge in [0.1, 0.15) is 12.9 Å². The standard InChI is InChI=1S/C11H8N2O3S/c14-4-1-2-9-6-12-11(17-9)13-10(15)8-3-5-16-7-8/h3,5-7,14H,4H2,(H,12,13,15). The summed E-state index contributed by atoms with van der Waals surface area (Å²) in [6.45, 7) is -0.200. The maximum atomic E-state index is 11.6.